The van der Waals surface area contributed by atoms with Gasteiger partial charge in [0.15, 0.2) is 0 Å². The number of nitrogens with one attached hydrogen (secondary N) is 1. The maximum absolute atomic E-state index is 5.99. The molecule has 0 amide bonds. The molecule has 0 aliphatic heterocycles. The van der Waals surface area contributed by atoms with Crippen molar-refractivity contribution in [3.63, 3.8) is 0 Å². The highest BCUT2D eigenvalue weighted by Gasteiger charge is 2.28. The zero-order valence-electron chi connectivity index (χ0n) is 13.7. The Morgan fingerprint density at radius 3 is 2.71 bits per heavy atom. The van der Waals surface area contributed by atoms with Gasteiger partial charge in [0.05, 0.1) is 6.61 Å². The second-order valence-corrected chi connectivity index (χ2v) is 6.24. The summed E-state index contributed by atoms with van der Waals surface area (Å²) in [6, 6.07) is 8.70. The summed E-state index contributed by atoms with van der Waals surface area (Å²) in [5.74, 6) is 2.54. The molecule has 2 rings (SSSR count). The van der Waals surface area contributed by atoms with Crippen LogP contribution in [0.3, 0.4) is 0 Å². The van der Waals surface area contributed by atoms with Gasteiger partial charge in [0.25, 0.3) is 0 Å². The SMILES string of the molecule is CCCNCC1CCCCC1c1ccccc1OCCC. The number of hydrogen-bond acceptors (Lipinski definition) is 2. The van der Waals surface area contributed by atoms with Crippen LogP contribution in [0.25, 0.3) is 0 Å². The summed E-state index contributed by atoms with van der Waals surface area (Å²) in [7, 11) is 0. The first kappa shape index (κ1) is 16.4. The van der Waals surface area contributed by atoms with Crippen molar-refractivity contribution in [1.29, 1.82) is 0 Å². The minimum absolute atomic E-state index is 0.663. The van der Waals surface area contributed by atoms with E-state index in [0.29, 0.717) is 5.92 Å². The number of benzene rings is 1. The molecular weight excluding hydrogens is 258 g/mol. The van der Waals surface area contributed by atoms with Crippen LogP contribution < -0.4 is 10.1 Å². The van der Waals surface area contributed by atoms with Crippen LogP contribution in [0.1, 0.15) is 63.9 Å². The molecule has 1 aliphatic carbocycles. The van der Waals surface area contributed by atoms with Gasteiger partial charge in [-0.15, -0.1) is 0 Å². The highest BCUT2D eigenvalue weighted by molar-refractivity contribution is 5.37. The van der Waals surface area contributed by atoms with Gasteiger partial charge in [-0.25, -0.2) is 0 Å². The Labute approximate surface area is 130 Å². The molecule has 118 valence electrons. The van der Waals surface area contributed by atoms with Crippen molar-refractivity contribution in [2.24, 2.45) is 5.92 Å². The highest BCUT2D eigenvalue weighted by atomic mass is 16.5. The highest BCUT2D eigenvalue weighted by Crippen LogP contribution is 2.41. The van der Waals surface area contributed by atoms with Crippen molar-refractivity contribution in [2.45, 2.75) is 58.3 Å². The molecule has 2 nitrogen and oxygen atoms in total. The van der Waals surface area contributed by atoms with E-state index < -0.39 is 0 Å². The van der Waals surface area contributed by atoms with Crippen LogP contribution in [0.2, 0.25) is 0 Å². The third-order valence-electron chi connectivity index (χ3n) is 4.52. The van der Waals surface area contributed by atoms with Crippen molar-refractivity contribution in [2.75, 3.05) is 19.7 Å². The molecule has 1 aromatic rings. The van der Waals surface area contributed by atoms with Gasteiger partial charge < -0.3 is 10.1 Å². The molecule has 0 saturated heterocycles. The van der Waals surface area contributed by atoms with E-state index in [2.05, 4.69) is 43.4 Å². The van der Waals surface area contributed by atoms with Gasteiger partial charge in [-0.2, -0.15) is 0 Å². The number of rotatable bonds is 8. The molecule has 1 saturated carbocycles. The lowest BCUT2D eigenvalue weighted by molar-refractivity contribution is 0.274. The second-order valence-electron chi connectivity index (χ2n) is 6.24. The predicted octanol–water partition coefficient (Wildman–Crippen LogP) is 4.75. The van der Waals surface area contributed by atoms with E-state index in [-0.39, 0.29) is 0 Å². The smallest absolute Gasteiger partial charge is 0.122 e. The zero-order chi connectivity index (χ0) is 14.9. The van der Waals surface area contributed by atoms with Crippen molar-refractivity contribution < 1.29 is 4.74 Å². The van der Waals surface area contributed by atoms with E-state index >= 15 is 0 Å². The first-order valence-corrected chi connectivity index (χ1v) is 8.79. The first-order chi connectivity index (χ1) is 10.4. The van der Waals surface area contributed by atoms with Crippen LogP contribution in [0, 0.1) is 5.92 Å². The van der Waals surface area contributed by atoms with Crippen molar-refractivity contribution in [1.82, 2.24) is 5.32 Å². The average molecular weight is 289 g/mol. The van der Waals surface area contributed by atoms with Gasteiger partial charge in [0.1, 0.15) is 5.75 Å². The topological polar surface area (TPSA) is 21.3 Å². The molecule has 1 aliphatic rings. The molecule has 21 heavy (non-hydrogen) atoms. The molecule has 0 radical (unpaired) electrons. The van der Waals surface area contributed by atoms with Crippen LogP contribution >= 0.6 is 0 Å². The van der Waals surface area contributed by atoms with Crippen molar-refractivity contribution in [3.8, 4) is 5.75 Å². The Hall–Kier alpha value is -1.02. The second kappa shape index (κ2) is 9.09. The molecular formula is C19H31NO. The molecule has 0 bridgehead atoms. The fourth-order valence-corrected chi connectivity index (χ4v) is 3.46. The summed E-state index contributed by atoms with van der Waals surface area (Å²) < 4.78 is 5.99. The molecule has 0 spiro atoms. The lowest BCUT2D eigenvalue weighted by Crippen LogP contribution is -2.30. The molecule has 1 fully saturated rings. The summed E-state index contributed by atoms with van der Waals surface area (Å²) >= 11 is 0. The lowest BCUT2D eigenvalue weighted by atomic mass is 9.75. The molecule has 1 aromatic carbocycles. The minimum atomic E-state index is 0.663. The largest absolute Gasteiger partial charge is 0.493 e. The van der Waals surface area contributed by atoms with Crippen LogP contribution in [0.15, 0.2) is 24.3 Å². The van der Waals surface area contributed by atoms with Gasteiger partial charge >= 0.3 is 0 Å². The lowest BCUT2D eigenvalue weighted by Gasteiger charge is -2.33. The standard InChI is InChI=1S/C19H31NO/c1-3-13-20-15-16-9-5-6-10-17(16)18-11-7-8-12-19(18)21-14-4-2/h7-8,11-12,16-17,20H,3-6,9-10,13-15H2,1-2H3. The predicted molar refractivity (Wildman–Crippen MR) is 90.1 cm³/mol. The molecule has 0 heterocycles. The number of ether oxygens (including phenoxy) is 1. The summed E-state index contributed by atoms with van der Waals surface area (Å²) in [6.45, 7) is 7.51. The molecule has 2 heteroatoms. The normalized spacial score (nSPS) is 22.2. The Bertz CT molecular complexity index is 404. The third-order valence-corrected chi connectivity index (χ3v) is 4.52. The van der Waals surface area contributed by atoms with Crippen molar-refractivity contribution in [3.05, 3.63) is 29.8 Å². The fourth-order valence-electron chi connectivity index (χ4n) is 3.46. The molecule has 0 aromatic heterocycles. The van der Waals surface area contributed by atoms with Gasteiger partial charge in [0, 0.05) is 0 Å². The van der Waals surface area contributed by atoms with Crippen LogP contribution in [-0.4, -0.2) is 19.7 Å². The summed E-state index contributed by atoms with van der Waals surface area (Å²) in [5, 5.41) is 3.63. The van der Waals surface area contributed by atoms with Crippen LogP contribution in [-0.2, 0) is 0 Å². The van der Waals surface area contributed by atoms with Gasteiger partial charge in [-0.3, -0.25) is 0 Å². The summed E-state index contributed by atoms with van der Waals surface area (Å²) in [4.78, 5) is 0. The third kappa shape index (κ3) is 4.74. The minimum Gasteiger partial charge on any atom is -0.493 e. The Kier molecular flexibility index (Phi) is 7.08. The van der Waals surface area contributed by atoms with Gasteiger partial charge in [-0.05, 0) is 62.2 Å². The quantitative estimate of drug-likeness (QED) is 0.697. The maximum atomic E-state index is 5.99. The summed E-state index contributed by atoms with van der Waals surface area (Å²) in [6.07, 6.45) is 7.69. The van der Waals surface area contributed by atoms with Crippen molar-refractivity contribution >= 4 is 0 Å². The molecule has 1 N–H and O–H groups in total. The van der Waals surface area contributed by atoms with E-state index in [1.165, 1.54) is 37.7 Å². The first-order valence-electron chi connectivity index (χ1n) is 8.79. The summed E-state index contributed by atoms with van der Waals surface area (Å²) in [5.41, 5.74) is 1.44. The van der Waals surface area contributed by atoms with Gasteiger partial charge in [-0.1, -0.05) is 44.9 Å². The van der Waals surface area contributed by atoms with E-state index in [0.717, 1.165) is 37.8 Å². The average Bonchev–Trinajstić information content (AvgIpc) is 2.54. The fraction of sp³-hybridized carbons (Fsp3) is 0.684. The van der Waals surface area contributed by atoms with E-state index in [1.54, 1.807) is 0 Å². The van der Waals surface area contributed by atoms with Crippen LogP contribution in [0.4, 0.5) is 0 Å². The molecule has 2 unspecified atom stereocenters. The van der Waals surface area contributed by atoms with E-state index in [1.807, 2.05) is 0 Å². The monoisotopic (exact) mass is 289 g/mol. The maximum Gasteiger partial charge on any atom is 0.122 e. The Balaban J connectivity index is 2.09. The number of hydrogen-bond donors (Lipinski definition) is 1. The Morgan fingerprint density at radius 1 is 1.10 bits per heavy atom. The number of para-hydroxylation sites is 1. The van der Waals surface area contributed by atoms with E-state index in [9.17, 15) is 0 Å². The Morgan fingerprint density at radius 2 is 1.90 bits per heavy atom. The van der Waals surface area contributed by atoms with Gasteiger partial charge in [0.2, 0.25) is 0 Å². The molecule has 2 atom stereocenters. The van der Waals surface area contributed by atoms with E-state index in [4.69, 9.17) is 4.74 Å². The van der Waals surface area contributed by atoms with Crippen LogP contribution in [0.5, 0.6) is 5.75 Å². The zero-order valence-corrected chi connectivity index (χ0v) is 13.7.